The van der Waals surface area contributed by atoms with Gasteiger partial charge in [0.2, 0.25) is 0 Å². The van der Waals surface area contributed by atoms with Crippen molar-refractivity contribution >= 4 is 0 Å². The van der Waals surface area contributed by atoms with Crippen molar-refractivity contribution in [1.82, 2.24) is 25.1 Å². The van der Waals surface area contributed by atoms with Crippen molar-refractivity contribution in [2.45, 2.75) is 39.5 Å². The summed E-state index contributed by atoms with van der Waals surface area (Å²) in [7, 11) is 0. The molecular formula is C19H21N5. The Labute approximate surface area is 142 Å². The smallest absolute Gasteiger partial charge is 0.128 e. The Balaban J connectivity index is 1.51. The van der Waals surface area contributed by atoms with E-state index in [1.54, 1.807) is 0 Å². The molecule has 0 spiro atoms. The average molecular weight is 319 g/mol. The molecule has 5 nitrogen and oxygen atoms in total. The first-order valence-corrected chi connectivity index (χ1v) is 8.19. The standard InChI is InChI=1S/C19H21N5/c1-14-3-5-16(11-20-14)7-10-19-21-12-17(13-22-19)6-9-18-8-4-15(2)23-24-18/h3-5,8,11-13H,6-7,9-10H2,1-2H3. The summed E-state index contributed by atoms with van der Waals surface area (Å²) in [5, 5.41) is 8.26. The first-order valence-electron chi connectivity index (χ1n) is 8.19. The molecule has 0 N–H and O–H groups in total. The van der Waals surface area contributed by atoms with E-state index in [0.29, 0.717) is 0 Å². The maximum Gasteiger partial charge on any atom is 0.128 e. The summed E-state index contributed by atoms with van der Waals surface area (Å²) in [6.07, 6.45) is 9.21. The lowest BCUT2D eigenvalue weighted by Crippen LogP contribution is -2.02. The first-order chi connectivity index (χ1) is 11.7. The highest BCUT2D eigenvalue weighted by atomic mass is 15.1. The molecule has 24 heavy (non-hydrogen) atoms. The minimum atomic E-state index is 0.828. The van der Waals surface area contributed by atoms with E-state index >= 15 is 0 Å². The molecule has 122 valence electrons. The molecule has 0 amide bonds. The summed E-state index contributed by atoms with van der Waals surface area (Å²) < 4.78 is 0. The molecule has 0 saturated carbocycles. The summed E-state index contributed by atoms with van der Waals surface area (Å²) >= 11 is 0. The van der Waals surface area contributed by atoms with Gasteiger partial charge in [0.1, 0.15) is 5.82 Å². The lowest BCUT2D eigenvalue weighted by atomic mass is 10.1. The molecule has 0 aliphatic heterocycles. The molecule has 0 bridgehead atoms. The van der Waals surface area contributed by atoms with E-state index < -0.39 is 0 Å². The highest BCUT2D eigenvalue weighted by Gasteiger charge is 2.02. The van der Waals surface area contributed by atoms with Crippen LogP contribution in [0.5, 0.6) is 0 Å². The van der Waals surface area contributed by atoms with Crippen molar-refractivity contribution in [3.63, 3.8) is 0 Å². The third-order valence-electron chi connectivity index (χ3n) is 3.89. The molecule has 0 saturated heterocycles. The van der Waals surface area contributed by atoms with Gasteiger partial charge < -0.3 is 0 Å². The van der Waals surface area contributed by atoms with E-state index in [2.05, 4.69) is 31.2 Å². The quantitative estimate of drug-likeness (QED) is 0.699. The van der Waals surface area contributed by atoms with Gasteiger partial charge >= 0.3 is 0 Å². The van der Waals surface area contributed by atoms with Gasteiger partial charge in [0.15, 0.2) is 0 Å². The minimum absolute atomic E-state index is 0.828. The predicted octanol–water partition coefficient (Wildman–Crippen LogP) is 2.85. The number of hydrogen-bond donors (Lipinski definition) is 0. The molecule has 5 heteroatoms. The fraction of sp³-hybridized carbons (Fsp3) is 0.316. The van der Waals surface area contributed by atoms with E-state index in [9.17, 15) is 0 Å². The number of rotatable bonds is 6. The topological polar surface area (TPSA) is 64.5 Å². The summed E-state index contributed by atoms with van der Waals surface area (Å²) in [6.45, 7) is 3.93. The second-order valence-electron chi connectivity index (χ2n) is 5.98. The van der Waals surface area contributed by atoms with Gasteiger partial charge in [-0.25, -0.2) is 9.97 Å². The van der Waals surface area contributed by atoms with Crippen LogP contribution in [-0.4, -0.2) is 25.1 Å². The van der Waals surface area contributed by atoms with E-state index in [0.717, 1.165) is 54.2 Å². The van der Waals surface area contributed by atoms with Crippen molar-refractivity contribution in [1.29, 1.82) is 0 Å². The zero-order valence-corrected chi connectivity index (χ0v) is 14.1. The summed E-state index contributed by atoms with van der Waals surface area (Å²) in [5.74, 6) is 0.870. The Morgan fingerprint density at radius 3 is 2.00 bits per heavy atom. The Bertz CT molecular complexity index is 696. The van der Waals surface area contributed by atoms with E-state index in [4.69, 9.17) is 0 Å². The normalized spacial score (nSPS) is 10.8. The molecule has 0 radical (unpaired) electrons. The van der Waals surface area contributed by atoms with Crippen molar-refractivity contribution in [3.05, 3.63) is 76.9 Å². The second-order valence-corrected chi connectivity index (χ2v) is 5.98. The summed E-state index contributed by atoms with van der Waals surface area (Å²) in [4.78, 5) is 13.3. The van der Waals surface area contributed by atoms with Gasteiger partial charge in [-0.15, -0.1) is 0 Å². The molecule has 3 rings (SSSR count). The average Bonchev–Trinajstić information content (AvgIpc) is 2.62. The van der Waals surface area contributed by atoms with Crippen LogP contribution in [0.4, 0.5) is 0 Å². The largest absolute Gasteiger partial charge is 0.261 e. The van der Waals surface area contributed by atoms with Gasteiger partial charge in [-0.05, 0) is 62.4 Å². The van der Waals surface area contributed by atoms with Crippen LogP contribution in [-0.2, 0) is 25.7 Å². The van der Waals surface area contributed by atoms with E-state index in [1.165, 1.54) is 5.56 Å². The van der Waals surface area contributed by atoms with Gasteiger partial charge in [0, 0.05) is 30.7 Å². The Kier molecular flexibility index (Phi) is 5.21. The number of hydrogen-bond acceptors (Lipinski definition) is 5. The van der Waals surface area contributed by atoms with Crippen molar-refractivity contribution < 1.29 is 0 Å². The van der Waals surface area contributed by atoms with Crippen molar-refractivity contribution in [2.75, 3.05) is 0 Å². The summed E-state index contributed by atoms with van der Waals surface area (Å²) in [5.41, 5.74) is 5.31. The van der Waals surface area contributed by atoms with Crippen LogP contribution in [0, 0.1) is 13.8 Å². The highest BCUT2D eigenvalue weighted by Crippen LogP contribution is 2.06. The van der Waals surface area contributed by atoms with Crippen molar-refractivity contribution in [2.24, 2.45) is 0 Å². The summed E-state index contributed by atoms with van der Waals surface area (Å²) in [6, 6.07) is 8.15. The van der Waals surface area contributed by atoms with Crippen LogP contribution < -0.4 is 0 Å². The molecular weight excluding hydrogens is 298 g/mol. The third kappa shape index (κ3) is 4.65. The molecule has 0 aliphatic rings. The molecule has 3 aromatic rings. The first kappa shape index (κ1) is 16.2. The van der Waals surface area contributed by atoms with Gasteiger partial charge in [-0.3, -0.25) is 4.98 Å². The number of pyridine rings is 1. The van der Waals surface area contributed by atoms with Crippen LogP contribution in [0.15, 0.2) is 42.9 Å². The molecule has 0 unspecified atom stereocenters. The lowest BCUT2D eigenvalue weighted by molar-refractivity contribution is 0.814. The molecule has 3 aromatic heterocycles. The Morgan fingerprint density at radius 2 is 1.33 bits per heavy atom. The SMILES string of the molecule is Cc1ccc(CCc2ncc(CCc3ccc(C)nn3)cn2)cn1. The molecule has 0 atom stereocenters. The van der Waals surface area contributed by atoms with Crippen LogP contribution in [0.25, 0.3) is 0 Å². The van der Waals surface area contributed by atoms with E-state index in [-0.39, 0.29) is 0 Å². The lowest BCUT2D eigenvalue weighted by Gasteiger charge is -2.04. The van der Waals surface area contributed by atoms with Crippen LogP contribution in [0.2, 0.25) is 0 Å². The van der Waals surface area contributed by atoms with Gasteiger partial charge in [0.05, 0.1) is 11.4 Å². The molecule has 0 fully saturated rings. The number of aryl methyl sites for hydroxylation is 6. The highest BCUT2D eigenvalue weighted by molar-refractivity contribution is 5.15. The Hall–Kier alpha value is -2.69. The maximum atomic E-state index is 4.47. The van der Waals surface area contributed by atoms with Gasteiger partial charge in [0.25, 0.3) is 0 Å². The number of aromatic nitrogens is 5. The fourth-order valence-electron chi connectivity index (χ4n) is 2.37. The maximum absolute atomic E-state index is 4.47. The van der Waals surface area contributed by atoms with Gasteiger partial charge in [-0.1, -0.05) is 6.07 Å². The van der Waals surface area contributed by atoms with Gasteiger partial charge in [-0.2, -0.15) is 10.2 Å². The van der Waals surface area contributed by atoms with E-state index in [1.807, 2.05) is 50.6 Å². The zero-order valence-electron chi connectivity index (χ0n) is 14.1. The van der Waals surface area contributed by atoms with Crippen LogP contribution in [0.1, 0.15) is 34.0 Å². The fourth-order valence-corrected chi connectivity index (χ4v) is 2.37. The molecule has 0 aliphatic carbocycles. The molecule has 0 aromatic carbocycles. The van der Waals surface area contributed by atoms with Crippen LogP contribution in [0.3, 0.4) is 0 Å². The zero-order chi connectivity index (χ0) is 16.8. The van der Waals surface area contributed by atoms with Crippen molar-refractivity contribution in [3.8, 4) is 0 Å². The monoisotopic (exact) mass is 319 g/mol. The van der Waals surface area contributed by atoms with Crippen LogP contribution >= 0.6 is 0 Å². The Morgan fingerprint density at radius 1 is 0.625 bits per heavy atom. The molecule has 3 heterocycles. The predicted molar refractivity (Wildman–Crippen MR) is 92.6 cm³/mol. The minimum Gasteiger partial charge on any atom is -0.261 e. The number of nitrogens with zero attached hydrogens (tertiary/aromatic N) is 5. The second kappa shape index (κ2) is 7.73. The third-order valence-corrected chi connectivity index (χ3v) is 3.89.